The lowest BCUT2D eigenvalue weighted by Crippen LogP contribution is -2.08. The van der Waals surface area contributed by atoms with Gasteiger partial charge in [0.1, 0.15) is 4.88 Å². The maximum absolute atomic E-state index is 11.3. The van der Waals surface area contributed by atoms with Crippen molar-refractivity contribution in [3.63, 3.8) is 0 Å². The predicted octanol–water partition coefficient (Wildman–Crippen LogP) is 1.19. The van der Waals surface area contributed by atoms with Crippen LogP contribution in [0.4, 0.5) is 5.69 Å². The van der Waals surface area contributed by atoms with Gasteiger partial charge >= 0.3 is 5.97 Å². The number of carbonyl (C=O) groups excluding carboxylic acids is 1. The fourth-order valence-corrected chi connectivity index (χ4v) is 2.59. The molecule has 0 aromatic carbocycles. The zero-order valence-electron chi connectivity index (χ0n) is 7.83. The number of esters is 1. The number of rotatable bonds is 1. The van der Waals surface area contributed by atoms with Crippen molar-refractivity contribution in [1.82, 2.24) is 0 Å². The van der Waals surface area contributed by atoms with Crippen LogP contribution in [-0.2, 0) is 22.5 Å². The van der Waals surface area contributed by atoms with Crippen LogP contribution in [0.5, 0.6) is 0 Å². The summed E-state index contributed by atoms with van der Waals surface area (Å²) in [6, 6.07) is 0. The Morgan fingerprint density at radius 1 is 1.64 bits per heavy atom. The maximum atomic E-state index is 11.3. The van der Waals surface area contributed by atoms with Gasteiger partial charge in [0.25, 0.3) is 0 Å². The molecule has 1 aliphatic rings. The van der Waals surface area contributed by atoms with E-state index in [0.717, 1.165) is 16.9 Å². The summed E-state index contributed by atoms with van der Waals surface area (Å²) in [6.07, 6.45) is 0.835. The Labute approximate surface area is 85.6 Å². The molecule has 0 amide bonds. The average molecular weight is 213 g/mol. The van der Waals surface area contributed by atoms with E-state index in [2.05, 4.69) is 4.74 Å². The van der Waals surface area contributed by atoms with Gasteiger partial charge in [-0.15, -0.1) is 11.3 Å². The monoisotopic (exact) mass is 213 g/mol. The summed E-state index contributed by atoms with van der Waals surface area (Å²) in [6.45, 7) is 1.21. The number of fused-ring (bicyclic) bond motifs is 1. The normalized spacial score (nSPS) is 14.9. The predicted molar refractivity (Wildman–Crippen MR) is 53.4 cm³/mol. The molecule has 0 bridgehead atoms. The van der Waals surface area contributed by atoms with E-state index in [-0.39, 0.29) is 5.97 Å². The molecule has 2 rings (SSSR count). The van der Waals surface area contributed by atoms with Crippen LogP contribution in [0.2, 0.25) is 0 Å². The summed E-state index contributed by atoms with van der Waals surface area (Å²) in [4.78, 5) is 13.0. The highest BCUT2D eigenvalue weighted by atomic mass is 32.1. The Morgan fingerprint density at radius 3 is 3.07 bits per heavy atom. The van der Waals surface area contributed by atoms with E-state index < -0.39 is 0 Å². The first kappa shape index (κ1) is 9.48. The van der Waals surface area contributed by atoms with Crippen LogP contribution in [0.15, 0.2) is 0 Å². The third-order valence-electron chi connectivity index (χ3n) is 2.22. The zero-order chi connectivity index (χ0) is 10.1. The van der Waals surface area contributed by atoms with Crippen LogP contribution in [0.25, 0.3) is 0 Å². The second-order valence-electron chi connectivity index (χ2n) is 3.04. The molecule has 1 aromatic rings. The van der Waals surface area contributed by atoms with Gasteiger partial charge < -0.3 is 15.2 Å². The molecule has 5 heteroatoms. The van der Waals surface area contributed by atoms with E-state index in [1.165, 1.54) is 18.4 Å². The lowest BCUT2D eigenvalue weighted by Gasteiger charge is -2.11. The number of thiophene rings is 1. The van der Waals surface area contributed by atoms with E-state index in [9.17, 15) is 4.79 Å². The minimum Gasteiger partial charge on any atom is -0.465 e. The van der Waals surface area contributed by atoms with Gasteiger partial charge in [0.05, 0.1) is 26.0 Å². The van der Waals surface area contributed by atoms with Gasteiger partial charge in [0.2, 0.25) is 0 Å². The number of hydrogen-bond donors (Lipinski definition) is 1. The first-order valence-corrected chi connectivity index (χ1v) is 5.11. The molecule has 4 nitrogen and oxygen atoms in total. The van der Waals surface area contributed by atoms with E-state index >= 15 is 0 Å². The number of carbonyl (C=O) groups is 1. The lowest BCUT2D eigenvalue weighted by molar-refractivity contribution is 0.0607. The average Bonchev–Trinajstić information content (AvgIpc) is 2.56. The van der Waals surface area contributed by atoms with Crippen molar-refractivity contribution in [2.24, 2.45) is 0 Å². The molecule has 0 unspecified atom stereocenters. The van der Waals surface area contributed by atoms with E-state index in [0.29, 0.717) is 23.8 Å². The molecule has 0 aliphatic carbocycles. The highest BCUT2D eigenvalue weighted by Gasteiger charge is 2.23. The van der Waals surface area contributed by atoms with Crippen molar-refractivity contribution < 1.29 is 14.3 Å². The van der Waals surface area contributed by atoms with E-state index in [1.54, 1.807) is 0 Å². The third-order valence-corrected chi connectivity index (χ3v) is 3.51. The molecule has 1 aliphatic heterocycles. The Balaban J connectivity index is 2.43. The number of nitrogens with two attached hydrogens (primary N) is 1. The fraction of sp³-hybridized carbons (Fsp3) is 0.444. The minimum atomic E-state index is -0.359. The molecule has 0 atom stereocenters. The standard InChI is InChI=1S/C9H11NO3S/c1-12-9(11)8-7(10)5-4-13-3-2-6(5)14-8/h2-4,10H2,1H3. The largest absolute Gasteiger partial charge is 0.465 e. The van der Waals surface area contributed by atoms with Crippen LogP contribution in [0.1, 0.15) is 20.1 Å². The molecular weight excluding hydrogens is 202 g/mol. The van der Waals surface area contributed by atoms with E-state index in [4.69, 9.17) is 10.5 Å². The smallest absolute Gasteiger partial charge is 0.350 e. The zero-order valence-corrected chi connectivity index (χ0v) is 8.65. The summed E-state index contributed by atoms with van der Waals surface area (Å²) in [5.74, 6) is -0.359. The summed E-state index contributed by atoms with van der Waals surface area (Å²) < 4.78 is 9.92. The van der Waals surface area contributed by atoms with Gasteiger partial charge in [-0.05, 0) is 0 Å². The van der Waals surface area contributed by atoms with Gasteiger partial charge in [-0.3, -0.25) is 0 Å². The molecule has 2 heterocycles. The molecular formula is C9H11NO3S. The summed E-state index contributed by atoms with van der Waals surface area (Å²) in [5, 5.41) is 0. The second-order valence-corrected chi connectivity index (χ2v) is 4.15. The molecule has 0 fully saturated rings. The van der Waals surface area contributed by atoms with Crippen molar-refractivity contribution in [3.05, 3.63) is 15.3 Å². The van der Waals surface area contributed by atoms with Crippen LogP contribution in [0, 0.1) is 0 Å². The molecule has 0 saturated heterocycles. The van der Waals surface area contributed by atoms with Crippen LogP contribution >= 0.6 is 11.3 Å². The van der Waals surface area contributed by atoms with Crippen LogP contribution in [0.3, 0.4) is 0 Å². The molecule has 2 N–H and O–H groups in total. The van der Waals surface area contributed by atoms with Crippen molar-refractivity contribution in [1.29, 1.82) is 0 Å². The molecule has 76 valence electrons. The Hall–Kier alpha value is -1.07. The Bertz CT molecular complexity index is 372. The summed E-state index contributed by atoms with van der Waals surface area (Å²) in [5.41, 5.74) is 7.31. The molecule has 0 spiro atoms. The highest BCUT2D eigenvalue weighted by molar-refractivity contribution is 7.14. The summed E-state index contributed by atoms with van der Waals surface area (Å²) in [7, 11) is 1.36. The number of ether oxygens (including phenoxy) is 2. The highest BCUT2D eigenvalue weighted by Crippen LogP contribution is 2.34. The molecule has 1 aromatic heterocycles. The van der Waals surface area contributed by atoms with Gasteiger partial charge in [0, 0.05) is 16.9 Å². The minimum absolute atomic E-state index is 0.359. The topological polar surface area (TPSA) is 61.5 Å². The van der Waals surface area contributed by atoms with Crippen molar-refractivity contribution in [2.75, 3.05) is 19.5 Å². The number of hydrogen-bond acceptors (Lipinski definition) is 5. The molecule has 0 radical (unpaired) electrons. The number of methoxy groups -OCH3 is 1. The first-order valence-electron chi connectivity index (χ1n) is 4.30. The van der Waals surface area contributed by atoms with Crippen molar-refractivity contribution in [3.8, 4) is 0 Å². The second kappa shape index (κ2) is 3.59. The van der Waals surface area contributed by atoms with Crippen LogP contribution in [-0.4, -0.2) is 19.7 Å². The quantitative estimate of drug-likeness (QED) is 0.712. The molecule has 0 saturated carbocycles. The van der Waals surface area contributed by atoms with Crippen molar-refractivity contribution in [2.45, 2.75) is 13.0 Å². The van der Waals surface area contributed by atoms with Crippen LogP contribution < -0.4 is 5.73 Å². The fourth-order valence-electron chi connectivity index (χ4n) is 1.47. The van der Waals surface area contributed by atoms with E-state index in [1.807, 2.05) is 0 Å². The van der Waals surface area contributed by atoms with Gasteiger partial charge in [0.15, 0.2) is 0 Å². The third kappa shape index (κ3) is 1.38. The first-order chi connectivity index (χ1) is 6.74. The van der Waals surface area contributed by atoms with Gasteiger partial charge in [-0.1, -0.05) is 0 Å². The lowest BCUT2D eigenvalue weighted by atomic mass is 10.1. The number of anilines is 1. The molecule has 14 heavy (non-hydrogen) atoms. The Kier molecular flexibility index (Phi) is 2.43. The van der Waals surface area contributed by atoms with Gasteiger partial charge in [-0.2, -0.15) is 0 Å². The maximum Gasteiger partial charge on any atom is 0.350 e. The van der Waals surface area contributed by atoms with Crippen molar-refractivity contribution >= 4 is 23.0 Å². The SMILES string of the molecule is COC(=O)c1sc2c(c1N)COCC2. The Morgan fingerprint density at radius 2 is 2.43 bits per heavy atom. The van der Waals surface area contributed by atoms with Gasteiger partial charge in [-0.25, -0.2) is 4.79 Å². The summed E-state index contributed by atoms with van der Waals surface area (Å²) >= 11 is 1.42. The number of nitrogen functional groups attached to an aromatic ring is 1.